The van der Waals surface area contributed by atoms with E-state index in [-0.39, 0.29) is 12.1 Å². The molecule has 0 saturated carbocycles. The molecule has 1 heterocycles. The lowest BCUT2D eigenvalue weighted by atomic mass is 10.0. The molecule has 0 aromatic heterocycles. The number of nitrogens with two attached hydrogens (primary N) is 1. The van der Waals surface area contributed by atoms with Gasteiger partial charge < -0.3 is 20.7 Å². The van der Waals surface area contributed by atoms with Gasteiger partial charge in [-0.3, -0.25) is 0 Å². The number of carbonyl (C=O) groups excluding carboxylic acids is 1. The van der Waals surface area contributed by atoms with Crippen molar-refractivity contribution in [3.05, 3.63) is 29.8 Å². The van der Waals surface area contributed by atoms with E-state index in [9.17, 15) is 4.79 Å². The van der Waals surface area contributed by atoms with Gasteiger partial charge in [-0.1, -0.05) is 25.1 Å². The zero-order valence-electron chi connectivity index (χ0n) is 11.3. The van der Waals surface area contributed by atoms with Crippen LogP contribution in [0, 0.1) is 0 Å². The average Bonchev–Trinajstić information content (AvgIpc) is 2.84. The Morgan fingerprint density at radius 2 is 2.26 bits per heavy atom. The van der Waals surface area contributed by atoms with E-state index in [0.717, 1.165) is 30.8 Å². The minimum absolute atomic E-state index is 0.00807. The molecule has 1 saturated heterocycles. The highest BCUT2D eigenvalue weighted by Crippen LogP contribution is 2.25. The van der Waals surface area contributed by atoms with E-state index in [2.05, 4.69) is 12.2 Å². The number of benzene rings is 1. The maximum Gasteiger partial charge on any atom is 0.317 e. The van der Waals surface area contributed by atoms with Crippen LogP contribution < -0.4 is 15.8 Å². The molecule has 104 valence electrons. The number of nitrogens with one attached hydrogen (secondary N) is 1. The minimum Gasteiger partial charge on any atom is -0.491 e. The second-order valence-corrected chi connectivity index (χ2v) is 4.62. The Morgan fingerprint density at radius 1 is 1.47 bits per heavy atom. The highest BCUT2D eigenvalue weighted by molar-refractivity contribution is 5.76. The summed E-state index contributed by atoms with van der Waals surface area (Å²) in [6, 6.07) is 7.80. The molecule has 1 fully saturated rings. The van der Waals surface area contributed by atoms with Gasteiger partial charge in [0, 0.05) is 24.7 Å². The normalized spacial score (nSPS) is 16.3. The van der Waals surface area contributed by atoms with Crippen LogP contribution in [0.25, 0.3) is 0 Å². The van der Waals surface area contributed by atoms with Crippen LogP contribution in [0.4, 0.5) is 4.79 Å². The van der Waals surface area contributed by atoms with Gasteiger partial charge >= 0.3 is 6.03 Å². The smallest absolute Gasteiger partial charge is 0.317 e. The number of hydrogen-bond donors (Lipinski definition) is 2. The molecule has 1 atom stereocenters. The van der Waals surface area contributed by atoms with Crippen molar-refractivity contribution in [3.63, 3.8) is 0 Å². The number of amides is 2. The van der Waals surface area contributed by atoms with Crippen LogP contribution in [0.5, 0.6) is 5.75 Å². The molecule has 1 aliphatic rings. The number of ether oxygens (including phenoxy) is 1. The third-order valence-corrected chi connectivity index (χ3v) is 3.32. The molecule has 2 amide bonds. The van der Waals surface area contributed by atoms with Gasteiger partial charge in [-0.05, 0) is 12.5 Å². The van der Waals surface area contributed by atoms with Gasteiger partial charge in [0.15, 0.2) is 0 Å². The topological polar surface area (TPSA) is 67.6 Å². The maximum absolute atomic E-state index is 11.4. The van der Waals surface area contributed by atoms with Crippen LogP contribution in [0.2, 0.25) is 0 Å². The number of nitrogens with zero attached hydrogens (tertiary/aromatic N) is 1. The molecule has 5 nitrogen and oxygen atoms in total. The van der Waals surface area contributed by atoms with Gasteiger partial charge in [0.1, 0.15) is 12.4 Å². The Balaban J connectivity index is 1.90. The minimum atomic E-state index is -0.0119. The summed E-state index contributed by atoms with van der Waals surface area (Å²) in [6.45, 7) is 4.60. The molecule has 0 spiro atoms. The van der Waals surface area contributed by atoms with E-state index in [0.29, 0.717) is 13.2 Å². The molecular formula is C14H21N3O2. The summed E-state index contributed by atoms with van der Waals surface area (Å²) in [5.41, 5.74) is 7.08. The van der Waals surface area contributed by atoms with Gasteiger partial charge in [0.25, 0.3) is 0 Å². The fraction of sp³-hybridized carbons (Fsp3) is 0.500. The third-order valence-electron chi connectivity index (χ3n) is 3.32. The Morgan fingerprint density at radius 3 is 2.95 bits per heavy atom. The molecular weight excluding hydrogens is 242 g/mol. The zero-order valence-corrected chi connectivity index (χ0v) is 11.3. The molecule has 1 aromatic rings. The van der Waals surface area contributed by atoms with Gasteiger partial charge in [-0.15, -0.1) is 0 Å². The fourth-order valence-electron chi connectivity index (χ4n) is 2.13. The first-order chi connectivity index (χ1) is 9.22. The van der Waals surface area contributed by atoms with E-state index >= 15 is 0 Å². The molecule has 2 rings (SSSR count). The standard InChI is InChI=1S/C14H21N3O2/c1-2-12(15)11-5-3-4-6-13(11)19-10-9-17-8-7-16-14(17)18/h3-6,12H,2,7-10,15H2,1H3,(H,16,18)/t12-/m0/s1. The van der Waals surface area contributed by atoms with Crippen LogP contribution in [-0.2, 0) is 0 Å². The molecule has 1 aliphatic heterocycles. The number of carbonyl (C=O) groups is 1. The van der Waals surface area contributed by atoms with E-state index in [1.165, 1.54) is 0 Å². The van der Waals surface area contributed by atoms with Crippen LogP contribution in [0.15, 0.2) is 24.3 Å². The summed E-state index contributed by atoms with van der Waals surface area (Å²) >= 11 is 0. The number of urea groups is 1. The van der Waals surface area contributed by atoms with Gasteiger partial charge in [0.2, 0.25) is 0 Å². The Hall–Kier alpha value is -1.75. The van der Waals surface area contributed by atoms with Crippen molar-refractivity contribution in [2.75, 3.05) is 26.2 Å². The lowest BCUT2D eigenvalue weighted by Gasteiger charge is -2.18. The summed E-state index contributed by atoms with van der Waals surface area (Å²) in [5, 5.41) is 2.77. The highest BCUT2D eigenvalue weighted by atomic mass is 16.5. The first-order valence-electron chi connectivity index (χ1n) is 6.72. The van der Waals surface area contributed by atoms with Crippen molar-refractivity contribution < 1.29 is 9.53 Å². The molecule has 0 unspecified atom stereocenters. The highest BCUT2D eigenvalue weighted by Gasteiger charge is 2.19. The van der Waals surface area contributed by atoms with Gasteiger partial charge in [0.05, 0.1) is 6.54 Å². The zero-order chi connectivity index (χ0) is 13.7. The van der Waals surface area contributed by atoms with Crippen molar-refractivity contribution in [2.24, 2.45) is 5.73 Å². The summed E-state index contributed by atoms with van der Waals surface area (Å²) < 4.78 is 5.77. The average molecular weight is 263 g/mol. The molecule has 0 bridgehead atoms. The quantitative estimate of drug-likeness (QED) is 0.817. The first-order valence-corrected chi connectivity index (χ1v) is 6.72. The van der Waals surface area contributed by atoms with Crippen LogP contribution in [-0.4, -0.2) is 37.2 Å². The summed E-state index contributed by atoms with van der Waals surface area (Å²) in [4.78, 5) is 13.1. The lowest BCUT2D eigenvalue weighted by molar-refractivity contribution is 0.202. The lowest BCUT2D eigenvalue weighted by Crippen LogP contribution is -2.32. The monoisotopic (exact) mass is 263 g/mol. The van der Waals surface area contributed by atoms with Crippen LogP contribution in [0.1, 0.15) is 24.9 Å². The second kappa shape index (κ2) is 6.43. The summed E-state index contributed by atoms with van der Waals surface area (Å²) in [6.07, 6.45) is 0.870. The van der Waals surface area contributed by atoms with Gasteiger partial charge in [-0.2, -0.15) is 0 Å². The van der Waals surface area contributed by atoms with Gasteiger partial charge in [-0.25, -0.2) is 4.79 Å². The van der Waals surface area contributed by atoms with Crippen molar-refractivity contribution in [1.29, 1.82) is 0 Å². The molecule has 19 heavy (non-hydrogen) atoms. The van der Waals surface area contributed by atoms with E-state index < -0.39 is 0 Å². The first kappa shape index (κ1) is 13.7. The largest absolute Gasteiger partial charge is 0.491 e. The number of para-hydroxylation sites is 1. The SMILES string of the molecule is CC[C@H](N)c1ccccc1OCCN1CCNC1=O. The number of rotatable bonds is 6. The maximum atomic E-state index is 11.4. The van der Waals surface area contributed by atoms with Crippen LogP contribution in [0.3, 0.4) is 0 Å². The molecule has 0 radical (unpaired) electrons. The van der Waals surface area contributed by atoms with Crippen LogP contribution >= 0.6 is 0 Å². The summed E-state index contributed by atoms with van der Waals surface area (Å²) in [7, 11) is 0. The molecule has 5 heteroatoms. The van der Waals surface area contributed by atoms with Crippen molar-refractivity contribution in [2.45, 2.75) is 19.4 Å². The second-order valence-electron chi connectivity index (χ2n) is 4.62. The summed E-state index contributed by atoms with van der Waals surface area (Å²) in [5.74, 6) is 0.816. The number of hydrogen-bond acceptors (Lipinski definition) is 3. The molecule has 0 aliphatic carbocycles. The van der Waals surface area contributed by atoms with Crippen molar-refractivity contribution in [3.8, 4) is 5.75 Å². The van der Waals surface area contributed by atoms with Crippen molar-refractivity contribution in [1.82, 2.24) is 10.2 Å². The predicted octanol–water partition coefficient (Wildman–Crippen LogP) is 1.50. The third kappa shape index (κ3) is 3.38. The Kier molecular flexibility index (Phi) is 4.63. The Bertz CT molecular complexity index is 436. The fourth-order valence-corrected chi connectivity index (χ4v) is 2.13. The predicted molar refractivity (Wildman–Crippen MR) is 74.1 cm³/mol. The Labute approximate surface area is 113 Å². The van der Waals surface area contributed by atoms with E-state index in [1.807, 2.05) is 24.3 Å². The van der Waals surface area contributed by atoms with E-state index in [4.69, 9.17) is 10.5 Å². The van der Waals surface area contributed by atoms with E-state index in [1.54, 1.807) is 4.90 Å². The van der Waals surface area contributed by atoms with Crippen molar-refractivity contribution >= 4 is 6.03 Å². The molecule has 3 N–H and O–H groups in total. The molecule has 1 aromatic carbocycles.